The summed E-state index contributed by atoms with van der Waals surface area (Å²) in [7, 11) is 0. The maximum atomic E-state index is 12.9. The first-order valence-electron chi connectivity index (χ1n) is 10.3. The molecule has 0 radical (unpaired) electrons. The SMILES string of the molecule is Cc1ccc(C(=O)O[C@H](C(=O)NCc2ccco2)[C@@H](OC(=O)c2ccc(C)cc2)C(=O)O)cc1. The highest BCUT2D eigenvalue weighted by Crippen LogP contribution is 2.15. The maximum Gasteiger partial charge on any atom is 0.349 e. The Balaban J connectivity index is 1.84. The Morgan fingerprint density at radius 3 is 1.76 bits per heavy atom. The van der Waals surface area contributed by atoms with Crippen molar-refractivity contribution in [2.24, 2.45) is 0 Å². The van der Waals surface area contributed by atoms with E-state index < -0.39 is 36.0 Å². The Morgan fingerprint density at radius 2 is 1.32 bits per heavy atom. The van der Waals surface area contributed by atoms with E-state index in [0.717, 1.165) is 11.1 Å². The van der Waals surface area contributed by atoms with Crippen LogP contribution < -0.4 is 5.32 Å². The average Bonchev–Trinajstić information content (AvgIpc) is 3.34. The van der Waals surface area contributed by atoms with Crippen molar-refractivity contribution in [2.75, 3.05) is 0 Å². The van der Waals surface area contributed by atoms with Crippen molar-refractivity contribution in [3.05, 3.63) is 94.9 Å². The van der Waals surface area contributed by atoms with Gasteiger partial charge in [-0.15, -0.1) is 0 Å². The van der Waals surface area contributed by atoms with E-state index in [1.807, 2.05) is 13.8 Å². The first kappa shape index (κ1) is 24.2. The van der Waals surface area contributed by atoms with E-state index in [9.17, 15) is 24.3 Å². The third-order valence-electron chi connectivity index (χ3n) is 4.84. The summed E-state index contributed by atoms with van der Waals surface area (Å²) >= 11 is 0. The van der Waals surface area contributed by atoms with Gasteiger partial charge in [0.05, 0.1) is 23.9 Å². The molecule has 9 heteroatoms. The van der Waals surface area contributed by atoms with Crippen molar-refractivity contribution in [2.45, 2.75) is 32.6 Å². The summed E-state index contributed by atoms with van der Waals surface area (Å²) in [5, 5.41) is 12.2. The van der Waals surface area contributed by atoms with E-state index >= 15 is 0 Å². The second kappa shape index (κ2) is 11.0. The molecular formula is C25H23NO8. The number of hydrogen-bond acceptors (Lipinski definition) is 7. The van der Waals surface area contributed by atoms with Crippen LogP contribution >= 0.6 is 0 Å². The zero-order chi connectivity index (χ0) is 24.7. The first-order valence-corrected chi connectivity index (χ1v) is 10.3. The second-order valence-corrected chi connectivity index (χ2v) is 7.52. The van der Waals surface area contributed by atoms with Gasteiger partial charge in [0.2, 0.25) is 12.2 Å². The molecular weight excluding hydrogens is 442 g/mol. The maximum absolute atomic E-state index is 12.9. The van der Waals surface area contributed by atoms with Crippen LogP contribution in [0.25, 0.3) is 0 Å². The minimum atomic E-state index is -2.10. The van der Waals surface area contributed by atoms with Crippen LogP contribution in [0.4, 0.5) is 0 Å². The molecule has 0 spiro atoms. The van der Waals surface area contributed by atoms with Crippen LogP contribution in [-0.4, -0.2) is 41.1 Å². The molecule has 0 bridgehead atoms. The summed E-state index contributed by atoms with van der Waals surface area (Å²) in [4.78, 5) is 50.1. The van der Waals surface area contributed by atoms with Crippen molar-refractivity contribution in [1.82, 2.24) is 5.32 Å². The molecule has 0 saturated heterocycles. The third kappa shape index (κ3) is 6.32. The molecule has 2 N–H and O–H groups in total. The number of carbonyl (C=O) groups is 4. The Bertz CT molecular complexity index is 1150. The van der Waals surface area contributed by atoms with E-state index in [-0.39, 0.29) is 17.7 Å². The van der Waals surface area contributed by atoms with Gasteiger partial charge in [-0.25, -0.2) is 14.4 Å². The quantitative estimate of drug-likeness (QED) is 0.461. The Morgan fingerprint density at radius 1 is 0.824 bits per heavy atom. The number of hydrogen-bond donors (Lipinski definition) is 2. The largest absolute Gasteiger partial charge is 0.478 e. The zero-order valence-electron chi connectivity index (χ0n) is 18.5. The topological polar surface area (TPSA) is 132 Å². The molecule has 34 heavy (non-hydrogen) atoms. The highest BCUT2D eigenvalue weighted by atomic mass is 16.6. The Labute approximate surface area is 195 Å². The summed E-state index contributed by atoms with van der Waals surface area (Å²) < 4.78 is 15.5. The fraction of sp³-hybridized carbons (Fsp3) is 0.200. The van der Waals surface area contributed by atoms with Crippen molar-refractivity contribution >= 4 is 23.8 Å². The first-order chi connectivity index (χ1) is 16.2. The van der Waals surface area contributed by atoms with Gasteiger partial charge in [0.25, 0.3) is 5.91 Å². The number of furan rings is 1. The van der Waals surface area contributed by atoms with Crippen LogP contribution in [0.15, 0.2) is 71.3 Å². The van der Waals surface area contributed by atoms with E-state index in [2.05, 4.69) is 5.32 Å². The van der Waals surface area contributed by atoms with Crippen LogP contribution in [0.5, 0.6) is 0 Å². The number of carboxylic acids is 1. The number of aliphatic carboxylic acids is 1. The van der Waals surface area contributed by atoms with Crippen LogP contribution in [0.3, 0.4) is 0 Å². The lowest BCUT2D eigenvalue weighted by Crippen LogP contribution is -2.50. The van der Waals surface area contributed by atoms with Crippen LogP contribution in [0.1, 0.15) is 37.6 Å². The van der Waals surface area contributed by atoms with Gasteiger partial charge in [-0.05, 0) is 50.2 Å². The normalized spacial score (nSPS) is 12.3. The molecule has 9 nitrogen and oxygen atoms in total. The van der Waals surface area contributed by atoms with Crippen LogP contribution in [-0.2, 0) is 25.6 Å². The lowest BCUT2D eigenvalue weighted by Gasteiger charge is -2.23. The van der Waals surface area contributed by atoms with Gasteiger partial charge in [-0.3, -0.25) is 4.79 Å². The molecule has 176 valence electrons. The number of aryl methyl sites for hydroxylation is 2. The smallest absolute Gasteiger partial charge is 0.349 e. The molecule has 1 aromatic heterocycles. The standard InChI is InChI=1S/C25H23NO8/c1-15-5-9-17(10-6-15)24(30)33-20(22(27)26-14-19-4-3-13-32-19)21(23(28)29)34-25(31)18-11-7-16(2)8-12-18/h3-13,20-21H,14H2,1-2H3,(H,26,27)(H,28,29)/t20-,21+/m0/s1. The summed E-state index contributed by atoms with van der Waals surface area (Å²) in [6, 6.07) is 15.7. The number of carbonyl (C=O) groups excluding carboxylic acids is 3. The molecule has 2 atom stereocenters. The molecule has 0 unspecified atom stereocenters. The molecule has 0 aliphatic rings. The number of esters is 2. The summed E-state index contributed by atoms with van der Waals surface area (Å²) in [5.41, 5.74) is 1.95. The minimum absolute atomic E-state index is 0.0801. The van der Waals surface area contributed by atoms with Crippen LogP contribution in [0, 0.1) is 13.8 Å². The van der Waals surface area contributed by atoms with E-state index in [1.54, 1.807) is 36.4 Å². The van der Waals surface area contributed by atoms with E-state index in [1.165, 1.54) is 30.5 Å². The van der Waals surface area contributed by atoms with Gasteiger partial charge in [-0.1, -0.05) is 35.4 Å². The number of amides is 1. The van der Waals surface area contributed by atoms with Gasteiger partial charge >= 0.3 is 17.9 Å². The fourth-order valence-corrected chi connectivity index (χ4v) is 2.93. The third-order valence-corrected chi connectivity index (χ3v) is 4.84. The number of carboxylic acid groups (broad SMARTS) is 1. The monoisotopic (exact) mass is 465 g/mol. The van der Waals surface area contributed by atoms with Gasteiger partial charge in [-0.2, -0.15) is 0 Å². The van der Waals surface area contributed by atoms with Crippen molar-refractivity contribution < 1.29 is 38.2 Å². The molecule has 3 rings (SSSR count). The highest BCUT2D eigenvalue weighted by molar-refractivity contribution is 5.96. The lowest BCUT2D eigenvalue weighted by atomic mass is 10.1. The number of benzene rings is 2. The summed E-state index contributed by atoms with van der Waals surface area (Å²) in [5.74, 6) is -4.17. The molecule has 2 aromatic carbocycles. The average molecular weight is 465 g/mol. The van der Waals surface area contributed by atoms with Crippen molar-refractivity contribution in [1.29, 1.82) is 0 Å². The zero-order valence-corrected chi connectivity index (χ0v) is 18.5. The van der Waals surface area contributed by atoms with Crippen molar-refractivity contribution in [3.8, 4) is 0 Å². The van der Waals surface area contributed by atoms with Gasteiger partial charge in [0.1, 0.15) is 5.76 Å². The molecule has 0 fully saturated rings. The van der Waals surface area contributed by atoms with E-state index in [4.69, 9.17) is 13.9 Å². The molecule has 0 aliphatic heterocycles. The highest BCUT2D eigenvalue weighted by Gasteiger charge is 2.41. The second-order valence-electron chi connectivity index (χ2n) is 7.52. The summed E-state index contributed by atoms with van der Waals surface area (Å²) in [6.07, 6.45) is -2.66. The lowest BCUT2D eigenvalue weighted by molar-refractivity contribution is -0.159. The molecule has 1 heterocycles. The van der Waals surface area contributed by atoms with Gasteiger partial charge in [0, 0.05) is 0 Å². The van der Waals surface area contributed by atoms with Gasteiger partial charge < -0.3 is 24.3 Å². The Hall–Kier alpha value is -4.40. The molecule has 1 amide bonds. The summed E-state index contributed by atoms with van der Waals surface area (Å²) in [6.45, 7) is 3.55. The molecule has 3 aromatic rings. The predicted molar refractivity (Wildman–Crippen MR) is 119 cm³/mol. The van der Waals surface area contributed by atoms with E-state index in [0.29, 0.717) is 5.76 Å². The molecule has 0 saturated carbocycles. The number of nitrogens with one attached hydrogen (secondary N) is 1. The number of ether oxygens (including phenoxy) is 2. The number of rotatable bonds is 9. The predicted octanol–water partition coefficient (Wildman–Crippen LogP) is 3.05. The van der Waals surface area contributed by atoms with Crippen LogP contribution in [0.2, 0.25) is 0 Å². The minimum Gasteiger partial charge on any atom is -0.478 e. The van der Waals surface area contributed by atoms with Gasteiger partial charge in [0.15, 0.2) is 0 Å². The van der Waals surface area contributed by atoms with Crippen molar-refractivity contribution in [3.63, 3.8) is 0 Å². The Kier molecular flexibility index (Phi) is 7.81. The fourth-order valence-electron chi connectivity index (χ4n) is 2.93. The molecule has 0 aliphatic carbocycles.